The molecule has 2 aliphatic heterocycles. The van der Waals surface area contributed by atoms with Crippen LogP contribution in [-0.4, -0.2) is 44.3 Å². The molecule has 2 aromatic rings. The molecule has 0 radical (unpaired) electrons. The first-order valence-corrected chi connectivity index (χ1v) is 11.1. The van der Waals surface area contributed by atoms with Crippen LogP contribution >= 0.6 is 11.6 Å². The highest BCUT2D eigenvalue weighted by atomic mass is 35.5. The number of aliphatic imine (C=N–C) groups is 2. The fourth-order valence-corrected chi connectivity index (χ4v) is 4.57. The summed E-state index contributed by atoms with van der Waals surface area (Å²) in [5.74, 6) is 0.479. The summed E-state index contributed by atoms with van der Waals surface area (Å²) in [6.45, 7) is 3.18. The van der Waals surface area contributed by atoms with E-state index in [1.54, 1.807) is 31.5 Å². The van der Waals surface area contributed by atoms with Gasteiger partial charge in [0.25, 0.3) is 0 Å². The van der Waals surface area contributed by atoms with Crippen molar-refractivity contribution < 1.29 is 17.5 Å². The maximum atomic E-state index is 14.2. The second-order valence-electron chi connectivity index (χ2n) is 6.58. The molecule has 1 N–H and O–H groups in total. The third-order valence-corrected chi connectivity index (χ3v) is 6.27. The standard InChI is InChI=1S/C19H18ClFN4O3S/c1-2-9-29(26,27)24-18-14(21)4-6-16(17(18)20)28-12-3-5-15-13(10-12)19-22-7-8-25(19)11-23-15/h3-6,10-11,24H,2,7-9H2,1H3. The van der Waals surface area contributed by atoms with Crippen molar-refractivity contribution in [3.63, 3.8) is 0 Å². The minimum atomic E-state index is -3.71. The van der Waals surface area contributed by atoms with Crippen LogP contribution in [0, 0.1) is 5.82 Å². The summed E-state index contributed by atoms with van der Waals surface area (Å²) in [7, 11) is -3.71. The molecular formula is C19H18ClFN4O3S. The second-order valence-corrected chi connectivity index (χ2v) is 8.80. The van der Waals surface area contributed by atoms with Gasteiger partial charge >= 0.3 is 0 Å². The van der Waals surface area contributed by atoms with Gasteiger partial charge in [0.05, 0.1) is 24.3 Å². The van der Waals surface area contributed by atoms with E-state index in [9.17, 15) is 12.8 Å². The van der Waals surface area contributed by atoms with Crippen molar-refractivity contribution in [1.29, 1.82) is 0 Å². The van der Waals surface area contributed by atoms with Gasteiger partial charge in [0.2, 0.25) is 10.0 Å². The van der Waals surface area contributed by atoms with Crippen molar-refractivity contribution >= 4 is 45.2 Å². The van der Waals surface area contributed by atoms with Gasteiger partial charge in [-0.2, -0.15) is 0 Å². The van der Waals surface area contributed by atoms with Crippen molar-refractivity contribution in [2.24, 2.45) is 9.98 Å². The lowest BCUT2D eigenvalue weighted by atomic mass is 10.1. The summed E-state index contributed by atoms with van der Waals surface area (Å²) >= 11 is 6.26. The van der Waals surface area contributed by atoms with E-state index in [2.05, 4.69) is 14.7 Å². The Labute approximate surface area is 172 Å². The summed E-state index contributed by atoms with van der Waals surface area (Å²) in [5, 5.41) is -0.153. The first kappa shape index (κ1) is 19.7. The molecule has 0 fully saturated rings. The zero-order valence-corrected chi connectivity index (χ0v) is 17.1. The number of benzene rings is 2. The van der Waals surface area contributed by atoms with Crippen LogP contribution in [0.2, 0.25) is 5.02 Å². The predicted molar refractivity (Wildman–Crippen MR) is 112 cm³/mol. The number of anilines is 1. The van der Waals surface area contributed by atoms with Crippen molar-refractivity contribution in [2.45, 2.75) is 13.3 Å². The van der Waals surface area contributed by atoms with Crippen molar-refractivity contribution in [1.82, 2.24) is 4.90 Å². The number of amidine groups is 1. The van der Waals surface area contributed by atoms with Crippen LogP contribution in [0.15, 0.2) is 40.3 Å². The third-order valence-electron chi connectivity index (χ3n) is 4.43. The topological polar surface area (TPSA) is 83.4 Å². The fraction of sp³-hybridized carbons (Fsp3) is 0.263. The van der Waals surface area contributed by atoms with E-state index in [1.807, 2.05) is 4.90 Å². The molecule has 0 amide bonds. The van der Waals surface area contributed by atoms with Crippen LogP contribution in [0.3, 0.4) is 0 Å². The Morgan fingerprint density at radius 1 is 1.31 bits per heavy atom. The summed E-state index contributed by atoms with van der Waals surface area (Å²) < 4.78 is 46.3. The molecular weight excluding hydrogens is 419 g/mol. The maximum Gasteiger partial charge on any atom is 0.232 e. The molecule has 152 valence electrons. The van der Waals surface area contributed by atoms with Crippen molar-refractivity contribution in [3.05, 3.63) is 46.7 Å². The van der Waals surface area contributed by atoms with E-state index in [0.29, 0.717) is 18.7 Å². The monoisotopic (exact) mass is 436 g/mol. The quantitative estimate of drug-likeness (QED) is 0.737. The molecule has 4 rings (SSSR count). The normalized spacial score (nSPS) is 15.0. The molecule has 0 spiro atoms. The van der Waals surface area contributed by atoms with Crippen LogP contribution in [0.4, 0.5) is 15.8 Å². The van der Waals surface area contributed by atoms with Crippen molar-refractivity contribution in [2.75, 3.05) is 23.6 Å². The van der Waals surface area contributed by atoms with E-state index >= 15 is 0 Å². The number of nitrogens with one attached hydrogen (secondary N) is 1. The molecule has 0 bridgehead atoms. The van der Waals surface area contributed by atoms with E-state index in [4.69, 9.17) is 16.3 Å². The van der Waals surface area contributed by atoms with E-state index in [-0.39, 0.29) is 22.2 Å². The molecule has 2 heterocycles. The average molecular weight is 437 g/mol. The smallest absolute Gasteiger partial charge is 0.232 e. The van der Waals surface area contributed by atoms with Gasteiger partial charge in [-0.1, -0.05) is 18.5 Å². The van der Waals surface area contributed by atoms with Crippen LogP contribution in [-0.2, 0) is 10.0 Å². The molecule has 2 aromatic carbocycles. The molecule has 0 saturated heterocycles. The van der Waals surface area contributed by atoms with Crippen molar-refractivity contribution in [3.8, 4) is 11.5 Å². The summed E-state index contributed by atoms with van der Waals surface area (Å²) in [4.78, 5) is 10.8. The Kier molecular flexibility index (Phi) is 5.18. The molecule has 29 heavy (non-hydrogen) atoms. The zero-order valence-electron chi connectivity index (χ0n) is 15.5. The van der Waals surface area contributed by atoms with Crippen LogP contribution in [0.25, 0.3) is 0 Å². The molecule has 0 aromatic heterocycles. The van der Waals surface area contributed by atoms with Gasteiger partial charge in [0.15, 0.2) is 0 Å². The van der Waals surface area contributed by atoms with Crippen LogP contribution < -0.4 is 9.46 Å². The van der Waals surface area contributed by atoms with Gasteiger partial charge in [-0.3, -0.25) is 9.71 Å². The van der Waals surface area contributed by atoms with Gasteiger partial charge in [0.1, 0.15) is 33.9 Å². The molecule has 0 aliphatic carbocycles. The highest BCUT2D eigenvalue weighted by Gasteiger charge is 2.24. The van der Waals surface area contributed by atoms with Gasteiger partial charge < -0.3 is 9.64 Å². The SMILES string of the molecule is CCCS(=O)(=O)Nc1c(F)ccc(Oc2ccc3c(c2)C2=NCCN2C=N3)c1Cl. The number of halogens is 2. The van der Waals surface area contributed by atoms with Crippen LogP contribution in [0.5, 0.6) is 11.5 Å². The highest BCUT2D eigenvalue weighted by Crippen LogP contribution is 2.39. The number of hydrogen-bond donors (Lipinski definition) is 1. The Bertz CT molecular complexity index is 1130. The lowest BCUT2D eigenvalue weighted by molar-refractivity contribution is 0.481. The largest absolute Gasteiger partial charge is 0.456 e. The van der Waals surface area contributed by atoms with Gasteiger partial charge in [-0.05, 0) is 36.8 Å². The predicted octanol–water partition coefficient (Wildman–Crippen LogP) is 4.16. The van der Waals surface area contributed by atoms with Gasteiger partial charge in [-0.15, -0.1) is 0 Å². The lowest BCUT2D eigenvalue weighted by Gasteiger charge is -2.21. The second kappa shape index (κ2) is 7.64. The average Bonchev–Trinajstić information content (AvgIpc) is 3.17. The molecule has 10 heteroatoms. The number of hydrogen-bond acceptors (Lipinski definition) is 6. The number of ether oxygens (including phenoxy) is 1. The first-order chi connectivity index (χ1) is 13.9. The summed E-state index contributed by atoms with van der Waals surface area (Å²) in [5.41, 5.74) is 1.27. The van der Waals surface area contributed by atoms with Crippen LogP contribution in [0.1, 0.15) is 18.9 Å². The van der Waals surface area contributed by atoms with E-state index in [1.165, 1.54) is 6.07 Å². The minimum Gasteiger partial charge on any atom is -0.456 e. The summed E-state index contributed by atoms with van der Waals surface area (Å²) in [6, 6.07) is 7.75. The Morgan fingerprint density at radius 3 is 2.93 bits per heavy atom. The molecule has 0 unspecified atom stereocenters. The van der Waals surface area contributed by atoms with Gasteiger partial charge in [-0.25, -0.2) is 17.8 Å². The van der Waals surface area contributed by atoms with Gasteiger partial charge in [0, 0.05) is 12.1 Å². The maximum absolute atomic E-state index is 14.2. The molecule has 7 nitrogen and oxygen atoms in total. The summed E-state index contributed by atoms with van der Waals surface area (Å²) in [6.07, 6.45) is 2.14. The zero-order chi connectivity index (χ0) is 20.6. The Balaban J connectivity index is 1.65. The third kappa shape index (κ3) is 3.92. The number of nitrogens with zero attached hydrogens (tertiary/aromatic N) is 3. The molecule has 2 aliphatic rings. The number of fused-ring (bicyclic) bond motifs is 3. The molecule has 0 saturated carbocycles. The first-order valence-electron chi connectivity index (χ1n) is 9.04. The Morgan fingerprint density at radius 2 is 2.14 bits per heavy atom. The lowest BCUT2D eigenvalue weighted by Crippen LogP contribution is -2.29. The fourth-order valence-electron chi connectivity index (χ4n) is 3.12. The number of sulfonamides is 1. The number of rotatable bonds is 6. The minimum absolute atomic E-state index is 0.131. The van der Waals surface area contributed by atoms with E-state index in [0.717, 1.165) is 29.7 Å². The molecule has 0 atom stereocenters. The Hall–Kier alpha value is -2.65. The highest BCUT2D eigenvalue weighted by molar-refractivity contribution is 7.92. The van der Waals surface area contributed by atoms with E-state index < -0.39 is 15.8 Å².